The lowest BCUT2D eigenvalue weighted by Crippen LogP contribution is -2.33. The monoisotopic (exact) mass is 296 g/mol. The normalized spacial score (nSPS) is 14.9. The van der Waals surface area contributed by atoms with Crippen LogP contribution < -0.4 is 0 Å². The van der Waals surface area contributed by atoms with Gasteiger partial charge in [0.15, 0.2) is 5.82 Å². The summed E-state index contributed by atoms with van der Waals surface area (Å²) in [6, 6.07) is 4.02. The van der Waals surface area contributed by atoms with Crippen molar-refractivity contribution in [2.75, 3.05) is 13.1 Å². The van der Waals surface area contributed by atoms with Crippen LogP contribution in [0.1, 0.15) is 30.3 Å². The molecular weight excluding hydrogens is 276 g/mol. The Hall–Kier alpha value is -2.43. The third kappa shape index (κ3) is 2.79. The fourth-order valence-electron chi connectivity index (χ4n) is 2.65. The lowest BCUT2D eigenvalue weighted by Gasteiger charge is -2.26. The molecule has 0 unspecified atom stereocenters. The number of nitrogens with one attached hydrogen (secondary N) is 1. The van der Waals surface area contributed by atoms with Gasteiger partial charge in [-0.25, -0.2) is 4.98 Å². The van der Waals surface area contributed by atoms with Gasteiger partial charge in [0.25, 0.3) is 0 Å². The number of pyridine rings is 1. The van der Waals surface area contributed by atoms with Crippen LogP contribution in [0, 0.1) is 13.8 Å². The minimum absolute atomic E-state index is 0.122. The summed E-state index contributed by atoms with van der Waals surface area (Å²) < 4.78 is 0. The van der Waals surface area contributed by atoms with Crippen molar-refractivity contribution >= 4 is 11.5 Å². The largest absolute Gasteiger partial charge is 0.341 e. The van der Waals surface area contributed by atoms with E-state index in [1.165, 1.54) is 5.57 Å². The molecular formula is C17H20N4O. The van der Waals surface area contributed by atoms with Gasteiger partial charge < -0.3 is 9.88 Å². The SMILES string of the molecule is CC(=O)N1CCC=C(c2ccnc(-c3nc(C)c(C)[nH]3)c2)C1. The van der Waals surface area contributed by atoms with Gasteiger partial charge in [-0.1, -0.05) is 6.08 Å². The minimum atomic E-state index is 0.122. The van der Waals surface area contributed by atoms with E-state index in [0.717, 1.165) is 41.4 Å². The zero-order valence-corrected chi connectivity index (χ0v) is 13.2. The van der Waals surface area contributed by atoms with Crippen LogP contribution >= 0.6 is 0 Å². The summed E-state index contributed by atoms with van der Waals surface area (Å²) in [5, 5.41) is 0. The molecule has 5 nitrogen and oxygen atoms in total. The number of nitrogens with zero attached hydrogens (tertiary/aromatic N) is 3. The van der Waals surface area contributed by atoms with Crippen LogP contribution in [0.15, 0.2) is 24.4 Å². The molecule has 1 amide bonds. The topological polar surface area (TPSA) is 61.9 Å². The minimum Gasteiger partial charge on any atom is -0.341 e. The molecule has 3 heterocycles. The Morgan fingerprint density at radius 2 is 2.18 bits per heavy atom. The Bertz CT molecular complexity index is 725. The number of hydrogen-bond donors (Lipinski definition) is 1. The molecule has 0 aliphatic carbocycles. The zero-order chi connectivity index (χ0) is 15.7. The zero-order valence-electron chi connectivity index (χ0n) is 13.2. The van der Waals surface area contributed by atoms with Crippen molar-refractivity contribution in [1.29, 1.82) is 0 Å². The number of H-pyrrole nitrogens is 1. The number of imidazole rings is 1. The van der Waals surface area contributed by atoms with Crippen LogP contribution in [0.4, 0.5) is 0 Å². The molecule has 5 heteroatoms. The summed E-state index contributed by atoms with van der Waals surface area (Å²) in [5.74, 6) is 0.911. The maximum atomic E-state index is 11.6. The van der Waals surface area contributed by atoms with E-state index in [-0.39, 0.29) is 5.91 Å². The molecule has 114 valence electrons. The molecule has 0 atom stereocenters. The molecule has 2 aromatic heterocycles. The Morgan fingerprint density at radius 3 is 2.86 bits per heavy atom. The molecule has 0 spiro atoms. The Morgan fingerprint density at radius 1 is 1.36 bits per heavy atom. The fourth-order valence-corrected chi connectivity index (χ4v) is 2.65. The molecule has 2 aromatic rings. The number of rotatable bonds is 2. The quantitative estimate of drug-likeness (QED) is 0.927. The smallest absolute Gasteiger partial charge is 0.219 e. The van der Waals surface area contributed by atoms with Gasteiger partial charge in [0, 0.05) is 31.9 Å². The number of hydrogen-bond acceptors (Lipinski definition) is 3. The summed E-state index contributed by atoms with van der Waals surface area (Å²) in [6.07, 6.45) is 4.90. The van der Waals surface area contributed by atoms with Gasteiger partial charge in [0.2, 0.25) is 5.91 Å². The first-order chi connectivity index (χ1) is 10.5. The highest BCUT2D eigenvalue weighted by Gasteiger charge is 2.17. The number of aromatic amines is 1. The van der Waals surface area contributed by atoms with Crippen molar-refractivity contribution in [2.24, 2.45) is 0 Å². The van der Waals surface area contributed by atoms with E-state index >= 15 is 0 Å². The van der Waals surface area contributed by atoms with E-state index in [1.807, 2.05) is 30.9 Å². The molecule has 22 heavy (non-hydrogen) atoms. The molecule has 0 saturated heterocycles. The molecule has 1 aliphatic heterocycles. The Balaban J connectivity index is 1.91. The molecule has 0 radical (unpaired) electrons. The van der Waals surface area contributed by atoms with Crippen LogP contribution in [-0.4, -0.2) is 38.8 Å². The Kier molecular flexibility index (Phi) is 3.79. The maximum Gasteiger partial charge on any atom is 0.219 e. The Labute approximate surface area is 130 Å². The lowest BCUT2D eigenvalue weighted by molar-refractivity contribution is -0.128. The number of amides is 1. The van der Waals surface area contributed by atoms with Crippen LogP contribution in [-0.2, 0) is 4.79 Å². The summed E-state index contributed by atoms with van der Waals surface area (Å²) in [6.45, 7) is 7.06. The second-order valence-corrected chi connectivity index (χ2v) is 5.68. The van der Waals surface area contributed by atoms with Gasteiger partial charge >= 0.3 is 0 Å². The van der Waals surface area contributed by atoms with E-state index in [4.69, 9.17) is 0 Å². The van der Waals surface area contributed by atoms with E-state index in [1.54, 1.807) is 13.1 Å². The highest BCUT2D eigenvalue weighted by atomic mass is 16.2. The maximum absolute atomic E-state index is 11.6. The van der Waals surface area contributed by atoms with Gasteiger partial charge in [-0.15, -0.1) is 0 Å². The third-order valence-electron chi connectivity index (χ3n) is 4.10. The van der Waals surface area contributed by atoms with Crippen LogP contribution in [0.3, 0.4) is 0 Å². The number of carbonyl (C=O) groups is 1. The van der Waals surface area contributed by atoms with Crippen molar-refractivity contribution < 1.29 is 4.79 Å². The number of carbonyl (C=O) groups excluding carboxylic acids is 1. The van der Waals surface area contributed by atoms with Gasteiger partial charge in [-0.3, -0.25) is 9.78 Å². The highest BCUT2D eigenvalue weighted by Crippen LogP contribution is 2.24. The molecule has 1 aliphatic rings. The van der Waals surface area contributed by atoms with Gasteiger partial charge in [0.05, 0.1) is 5.69 Å². The van der Waals surface area contributed by atoms with E-state index in [2.05, 4.69) is 21.0 Å². The van der Waals surface area contributed by atoms with Crippen LogP contribution in [0.2, 0.25) is 0 Å². The van der Waals surface area contributed by atoms with Crippen molar-refractivity contribution in [3.05, 3.63) is 41.4 Å². The summed E-state index contributed by atoms with van der Waals surface area (Å²) in [4.78, 5) is 25.6. The van der Waals surface area contributed by atoms with Gasteiger partial charge in [-0.05, 0) is 43.5 Å². The molecule has 0 aromatic carbocycles. The molecule has 0 saturated carbocycles. The summed E-state index contributed by atoms with van der Waals surface area (Å²) in [7, 11) is 0. The first kappa shape index (κ1) is 14.5. The second-order valence-electron chi connectivity index (χ2n) is 5.68. The van der Waals surface area contributed by atoms with Crippen LogP contribution in [0.5, 0.6) is 0 Å². The molecule has 1 N–H and O–H groups in total. The van der Waals surface area contributed by atoms with Crippen LogP contribution in [0.25, 0.3) is 17.1 Å². The van der Waals surface area contributed by atoms with E-state index in [9.17, 15) is 4.79 Å². The second kappa shape index (κ2) is 5.75. The fraction of sp³-hybridized carbons (Fsp3) is 0.353. The van der Waals surface area contributed by atoms with Crippen molar-refractivity contribution in [2.45, 2.75) is 27.2 Å². The van der Waals surface area contributed by atoms with Gasteiger partial charge in [0.1, 0.15) is 5.69 Å². The van der Waals surface area contributed by atoms with Gasteiger partial charge in [-0.2, -0.15) is 0 Å². The van der Waals surface area contributed by atoms with E-state index < -0.39 is 0 Å². The van der Waals surface area contributed by atoms with Crippen molar-refractivity contribution in [1.82, 2.24) is 19.9 Å². The van der Waals surface area contributed by atoms with Crippen molar-refractivity contribution in [3.8, 4) is 11.5 Å². The number of aromatic nitrogens is 3. The number of aryl methyl sites for hydroxylation is 2. The average Bonchev–Trinajstić information content (AvgIpc) is 2.87. The van der Waals surface area contributed by atoms with Crippen molar-refractivity contribution in [3.63, 3.8) is 0 Å². The third-order valence-corrected chi connectivity index (χ3v) is 4.10. The first-order valence-corrected chi connectivity index (χ1v) is 7.49. The predicted octanol–water partition coefficient (Wildman–Crippen LogP) is 2.72. The standard InChI is InChI=1S/C17H20N4O/c1-11-12(2)20-17(19-11)16-9-14(6-7-18-16)15-5-4-8-21(10-15)13(3)22/h5-7,9H,4,8,10H2,1-3H3,(H,19,20). The molecule has 0 fully saturated rings. The predicted molar refractivity (Wildman–Crippen MR) is 86.1 cm³/mol. The molecule has 3 rings (SSSR count). The highest BCUT2D eigenvalue weighted by molar-refractivity contribution is 5.78. The van der Waals surface area contributed by atoms with E-state index in [0.29, 0.717) is 6.54 Å². The summed E-state index contributed by atoms with van der Waals surface area (Å²) >= 11 is 0. The molecule has 0 bridgehead atoms. The average molecular weight is 296 g/mol. The summed E-state index contributed by atoms with van der Waals surface area (Å²) in [5.41, 5.74) is 5.14. The lowest BCUT2D eigenvalue weighted by atomic mass is 10.0. The first-order valence-electron chi connectivity index (χ1n) is 7.49.